The maximum atomic E-state index is 17.9. The van der Waals surface area contributed by atoms with E-state index in [4.69, 9.17) is 4.74 Å². The molecule has 0 N–H and O–H groups in total. The van der Waals surface area contributed by atoms with Crippen LogP contribution in [0.5, 0.6) is 0 Å². The molecular weight excluding hydrogens is 463 g/mol. The monoisotopic (exact) mass is 510 g/mol. The van der Waals surface area contributed by atoms with E-state index in [1.807, 2.05) is 13.0 Å². The van der Waals surface area contributed by atoms with Gasteiger partial charge >= 0.3 is 0 Å². The number of ether oxygens (including phenoxy) is 1. The van der Waals surface area contributed by atoms with E-state index in [9.17, 15) is 9.59 Å². The molecule has 4 saturated carbocycles. The van der Waals surface area contributed by atoms with Gasteiger partial charge in [-0.2, -0.15) is 0 Å². The average molecular weight is 511 g/mol. The van der Waals surface area contributed by atoms with Crippen molar-refractivity contribution in [1.82, 2.24) is 0 Å². The first kappa shape index (κ1) is 26.9. The van der Waals surface area contributed by atoms with E-state index in [2.05, 4.69) is 34.3 Å². The van der Waals surface area contributed by atoms with E-state index in [-0.39, 0.29) is 52.7 Å². The number of Topliss-reactive ketones (excluding diaryl/α,β-unsaturated/α-hetero) is 1. The molecular formula is C33H47FO3. The van der Waals surface area contributed by atoms with Crippen LogP contribution >= 0.6 is 0 Å². The van der Waals surface area contributed by atoms with Gasteiger partial charge in [0.2, 0.25) is 0 Å². The summed E-state index contributed by atoms with van der Waals surface area (Å²) in [5.41, 5.74) is -1.92. The Labute approximate surface area is 223 Å². The first-order valence-electron chi connectivity index (χ1n) is 14.7. The number of ketones is 2. The summed E-state index contributed by atoms with van der Waals surface area (Å²) in [4.78, 5) is 26.6. The van der Waals surface area contributed by atoms with Gasteiger partial charge in [-0.05, 0) is 105 Å². The average Bonchev–Trinajstić information content (AvgIpc) is 3.34. The van der Waals surface area contributed by atoms with E-state index in [0.29, 0.717) is 12.2 Å². The van der Waals surface area contributed by atoms with Gasteiger partial charge in [-0.1, -0.05) is 58.8 Å². The molecule has 0 amide bonds. The Morgan fingerprint density at radius 1 is 1.14 bits per heavy atom. The van der Waals surface area contributed by atoms with Crippen molar-refractivity contribution in [3.8, 4) is 0 Å². The van der Waals surface area contributed by atoms with Gasteiger partial charge in [-0.15, -0.1) is 0 Å². The molecule has 0 saturated heterocycles. The fraction of sp³-hybridized carbons (Fsp3) is 0.758. The summed E-state index contributed by atoms with van der Waals surface area (Å²) in [7, 11) is 0. The van der Waals surface area contributed by atoms with Crippen molar-refractivity contribution in [3.05, 3.63) is 36.1 Å². The highest BCUT2D eigenvalue weighted by atomic mass is 19.1. The molecule has 0 aliphatic heterocycles. The fourth-order valence-electron chi connectivity index (χ4n) is 10.6. The fourth-order valence-corrected chi connectivity index (χ4v) is 10.6. The predicted octanol–water partition coefficient (Wildman–Crippen LogP) is 7.95. The van der Waals surface area contributed by atoms with Gasteiger partial charge in [0.15, 0.2) is 11.6 Å². The molecule has 0 bridgehead atoms. The van der Waals surface area contributed by atoms with Crippen LogP contribution < -0.4 is 0 Å². The highest BCUT2D eigenvalue weighted by molar-refractivity contribution is 6.01. The minimum Gasteiger partial charge on any atom is -0.491 e. The summed E-state index contributed by atoms with van der Waals surface area (Å²) in [6.07, 6.45) is 13.9. The number of halogens is 1. The van der Waals surface area contributed by atoms with Crippen LogP contribution in [0.1, 0.15) is 99.3 Å². The van der Waals surface area contributed by atoms with Crippen LogP contribution in [0.25, 0.3) is 0 Å². The standard InChI is InChI=1S/C33H47FO3/c1-21(2)37-19-28(36)32(20-29(5)13-8-9-14-29)22(3)16-27-26-11-10-24-17-25(35)12-15-30(24,6)33(26,34)23(4)18-31(27,32)7/h12,15,17,22-23,26-27H,1,8-11,13-14,16,18-20H2,2-7H3/t22-,23+,26+,27+,30+,31+,32-,33-/m1/s1. The van der Waals surface area contributed by atoms with Gasteiger partial charge in [0.05, 0.1) is 5.76 Å². The number of alkyl halides is 1. The van der Waals surface area contributed by atoms with Gasteiger partial charge in [0.25, 0.3) is 0 Å². The third kappa shape index (κ3) is 3.55. The van der Waals surface area contributed by atoms with Crippen molar-refractivity contribution in [2.24, 2.45) is 45.3 Å². The molecule has 3 nitrogen and oxygen atoms in total. The minimum absolute atomic E-state index is 0.0238. The smallest absolute Gasteiger partial charge is 0.178 e. The van der Waals surface area contributed by atoms with Gasteiger partial charge in [0.1, 0.15) is 12.3 Å². The molecule has 0 spiro atoms. The zero-order valence-corrected chi connectivity index (χ0v) is 23.9. The maximum absolute atomic E-state index is 17.9. The number of allylic oxidation sites excluding steroid dienone is 5. The lowest BCUT2D eigenvalue weighted by Crippen LogP contribution is -2.65. The Kier molecular flexibility index (Phi) is 6.28. The molecule has 4 fully saturated rings. The summed E-state index contributed by atoms with van der Waals surface area (Å²) >= 11 is 0. The molecule has 204 valence electrons. The second-order valence-corrected chi connectivity index (χ2v) is 14.4. The Morgan fingerprint density at radius 3 is 2.46 bits per heavy atom. The number of rotatable bonds is 6. The van der Waals surface area contributed by atoms with Gasteiger partial charge in [-0.25, -0.2) is 4.39 Å². The van der Waals surface area contributed by atoms with Crippen molar-refractivity contribution in [3.63, 3.8) is 0 Å². The SMILES string of the molecule is C=C(C)OCC(=O)[C@@]1(CC2(C)CCCC2)[C@H](C)C[C@H]2[C@@H]3CCC4=CC(=O)C=C[C@]4(C)[C@@]3(F)[C@@H](C)C[C@@]21C. The lowest BCUT2D eigenvalue weighted by Gasteiger charge is -2.64. The van der Waals surface area contributed by atoms with Gasteiger partial charge in [-0.3, -0.25) is 9.59 Å². The van der Waals surface area contributed by atoms with Crippen molar-refractivity contribution in [2.45, 2.75) is 105 Å². The molecule has 0 radical (unpaired) electrons. The Morgan fingerprint density at radius 2 is 1.81 bits per heavy atom. The zero-order chi connectivity index (χ0) is 27.0. The summed E-state index contributed by atoms with van der Waals surface area (Å²) in [6.45, 7) is 16.8. The van der Waals surface area contributed by atoms with Crippen LogP contribution in [-0.2, 0) is 14.3 Å². The van der Waals surface area contributed by atoms with Crippen molar-refractivity contribution >= 4 is 11.6 Å². The quantitative estimate of drug-likeness (QED) is 0.341. The molecule has 0 aromatic carbocycles. The second kappa shape index (κ2) is 8.65. The maximum Gasteiger partial charge on any atom is 0.178 e. The van der Waals surface area contributed by atoms with Crippen molar-refractivity contribution in [1.29, 1.82) is 0 Å². The van der Waals surface area contributed by atoms with E-state index >= 15 is 4.39 Å². The third-order valence-corrected chi connectivity index (χ3v) is 12.3. The van der Waals surface area contributed by atoms with Crippen LogP contribution in [0, 0.1) is 45.3 Å². The van der Waals surface area contributed by atoms with Crippen molar-refractivity contribution < 1.29 is 18.7 Å². The molecule has 4 heteroatoms. The summed E-state index contributed by atoms with van der Waals surface area (Å²) in [5, 5.41) is 0. The lowest BCUT2D eigenvalue weighted by molar-refractivity contribution is -0.186. The summed E-state index contributed by atoms with van der Waals surface area (Å²) < 4.78 is 23.7. The highest BCUT2D eigenvalue weighted by Crippen LogP contribution is 2.76. The van der Waals surface area contributed by atoms with Crippen molar-refractivity contribution in [2.75, 3.05) is 6.61 Å². The van der Waals surface area contributed by atoms with E-state index in [0.717, 1.165) is 44.1 Å². The highest BCUT2D eigenvalue weighted by Gasteiger charge is 2.75. The van der Waals surface area contributed by atoms with Crippen LogP contribution in [0.3, 0.4) is 0 Å². The second-order valence-electron chi connectivity index (χ2n) is 14.4. The normalized spacial score (nSPS) is 46.0. The topological polar surface area (TPSA) is 43.4 Å². The minimum atomic E-state index is -1.43. The number of carbonyl (C=O) groups excluding carboxylic acids is 2. The van der Waals surface area contributed by atoms with Gasteiger partial charge in [0, 0.05) is 10.8 Å². The van der Waals surface area contributed by atoms with E-state index < -0.39 is 16.5 Å². The van der Waals surface area contributed by atoms with Crippen LogP contribution in [0.4, 0.5) is 4.39 Å². The first-order chi connectivity index (χ1) is 17.2. The lowest BCUT2D eigenvalue weighted by atomic mass is 9.40. The summed E-state index contributed by atoms with van der Waals surface area (Å²) in [6, 6.07) is 0. The predicted molar refractivity (Wildman–Crippen MR) is 145 cm³/mol. The number of hydrogen-bond acceptors (Lipinski definition) is 3. The molecule has 5 aliphatic rings. The molecule has 5 rings (SSSR count). The molecule has 5 aliphatic carbocycles. The van der Waals surface area contributed by atoms with E-state index in [1.54, 1.807) is 19.1 Å². The Bertz CT molecular complexity index is 1070. The zero-order valence-electron chi connectivity index (χ0n) is 23.9. The molecule has 0 aromatic heterocycles. The van der Waals surface area contributed by atoms with E-state index in [1.165, 1.54) is 12.8 Å². The van der Waals surface area contributed by atoms with Gasteiger partial charge < -0.3 is 4.74 Å². The Balaban J connectivity index is 1.61. The van der Waals surface area contributed by atoms with Crippen LogP contribution in [0.15, 0.2) is 36.1 Å². The number of hydrogen-bond donors (Lipinski definition) is 0. The summed E-state index contributed by atoms with van der Waals surface area (Å²) in [5.74, 6) is 0.699. The Hall–Kier alpha value is -1.71. The van der Waals surface area contributed by atoms with Crippen LogP contribution in [0.2, 0.25) is 0 Å². The van der Waals surface area contributed by atoms with Crippen LogP contribution in [-0.4, -0.2) is 23.8 Å². The number of carbonyl (C=O) groups is 2. The molecule has 0 aromatic rings. The molecule has 8 atom stereocenters. The molecule has 0 heterocycles. The number of fused-ring (bicyclic) bond motifs is 5. The molecule has 0 unspecified atom stereocenters. The largest absolute Gasteiger partial charge is 0.491 e. The molecule has 37 heavy (non-hydrogen) atoms. The first-order valence-corrected chi connectivity index (χ1v) is 14.7. The third-order valence-electron chi connectivity index (χ3n) is 12.3.